The Hall–Kier alpha value is -6.40. The summed E-state index contributed by atoms with van der Waals surface area (Å²) in [5, 5.41) is 44.4. The van der Waals surface area contributed by atoms with Crippen molar-refractivity contribution in [2.45, 2.75) is 6.92 Å². The van der Waals surface area contributed by atoms with E-state index >= 15 is 0 Å². The smallest absolute Gasteiger partial charge is 0.205 e. The third kappa shape index (κ3) is 4.50. The summed E-state index contributed by atoms with van der Waals surface area (Å²) in [5.41, 5.74) is 9.22. The number of hydrogen-bond donors (Lipinski definition) is 4. The van der Waals surface area contributed by atoms with E-state index in [0.717, 1.165) is 55.6 Å². The fraction of sp³-hybridized carbons (Fsp3) is 0.0244. The Morgan fingerprint density at radius 1 is 0.404 bits per heavy atom. The molecule has 2 heterocycles. The summed E-state index contributed by atoms with van der Waals surface area (Å²) in [6.07, 6.45) is 0. The number of hydrogen-bond acceptors (Lipinski definition) is 4. The monoisotopic (exact) mass is 614 g/mol. The van der Waals surface area contributed by atoms with Gasteiger partial charge in [0.05, 0.1) is 28.0 Å². The maximum atomic E-state index is 11.0. The molecule has 0 atom stereocenters. The topological polar surface area (TPSA) is 90.8 Å². The molecule has 8 rings (SSSR count). The van der Waals surface area contributed by atoms with Crippen LogP contribution in [0.1, 0.15) is 5.56 Å². The Labute approximate surface area is 270 Å². The summed E-state index contributed by atoms with van der Waals surface area (Å²) >= 11 is 0. The van der Waals surface area contributed by atoms with E-state index in [1.165, 1.54) is 0 Å². The lowest BCUT2D eigenvalue weighted by molar-refractivity contribution is 0.345. The minimum Gasteiger partial charge on any atom is -0.504 e. The van der Waals surface area contributed by atoms with Gasteiger partial charge in [-0.05, 0) is 78.2 Å². The van der Waals surface area contributed by atoms with Gasteiger partial charge in [-0.2, -0.15) is 0 Å². The summed E-state index contributed by atoms with van der Waals surface area (Å²) in [5.74, 6) is -2.50. The molecule has 47 heavy (non-hydrogen) atoms. The first kappa shape index (κ1) is 28.1. The van der Waals surface area contributed by atoms with Gasteiger partial charge in [0.25, 0.3) is 0 Å². The van der Waals surface area contributed by atoms with E-state index in [4.69, 9.17) is 0 Å². The van der Waals surface area contributed by atoms with Crippen LogP contribution in [0.15, 0.2) is 140 Å². The van der Waals surface area contributed by atoms with Crippen molar-refractivity contribution in [2.75, 3.05) is 0 Å². The van der Waals surface area contributed by atoms with E-state index < -0.39 is 23.0 Å². The number of phenols is 4. The highest BCUT2D eigenvalue weighted by atomic mass is 16.3. The number of para-hydroxylation sites is 2. The summed E-state index contributed by atoms with van der Waals surface area (Å²) in [6.45, 7) is 1.60. The molecule has 0 bridgehead atoms. The minimum atomic E-state index is -0.766. The van der Waals surface area contributed by atoms with Crippen LogP contribution in [0, 0.1) is 6.92 Å². The Kier molecular flexibility index (Phi) is 6.51. The van der Waals surface area contributed by atoms with Gasteiger partial charge in [0, 0.05) is 27.7 Å². The predicted molar refractivity (Wildman–Crippen MR) is 188 cm³/mol. The fourth-order valence-corrected chi connectivity index (χ4v) is 6.62. The number of fused-ring (bicyclic) bond motifs is 2. The van der Waals surface area contributed by atoms with Crippen LogP contribution in [0.5, 0.6) is 23.0 Å². The summed E-state index contributed by atoms with van der Waals surface area (Å²) < 4.78 is 4.28. The largest absolute Gasteiger partial charge is 0.504 e. The number of aromatic nitrogens is 2. The van der Waals surface area contributed by atoms with Crippen LogP contribution in [0.3, 0.4) is 0 Å². The lowest BCUT2D eigenvalue weighted by atomic mass is 10.0. The molecule has 4 N–H and O–H groups in total. The molecule has 0 radical (unpaired) electrons. The molecule has 6 heteroatoms. The molecular weight excluding hydrogens is 584 g/mol. The molecular formula is C41H30N2O4. The van der Waals surface area contributed by atoms with Crippen molar-refractivity contribution in [2.24, 2.45) is 0 Å². The molecule has 0 fully saturated rings. The number of nitrogens with zero attached hydrogens (tertiary/aromatic N) is 2. The highest BCUT2D eigenvalue weighted by molar-refractivity contribution is 5.97. The third-order valence-corrected chi connectivity index (χ3v) is 8.93. The normalized spacial score (nSPS) is 11.4. The van der Waals surface area contributed by atoms with Gasteiger partial charge in [0.2, 0.25) is 11.5 Å². The van der Waals surface area contributed by atoms with Crippen molar-refractivity contribution >= 4 is 21.8 Å². The molecule has 6 aromatic carbocycles. The van der Waals surface area contributed by atoms with Gasteiger partial charge in [0.1, 0.15) is 0 Å². The second-order valence-electron chi connectivity index (χ2n) is 11.7. The van der Waals surface area contributed by atoms with Crippen LogP contribution >= 0.6 is 0 Å². The second-order valence-corrected chi connectivity index (χ2v) is 11.7. The summed E-state index contributed by atoms with van der Waals surface area (Å²) in [7, 11) is 0. The zero-order valence-electron chi connectivity index (χ0n) is 25.5. The molecule has 0 spiro atoms. The lowest BCUT2D eigenvalue weighted by Crippen LogP contribution is -1.98. The standard InChI is InChI=1S/C41H30N2O4/c1-25-37(39(45)41(47)40(46)38(25)44)36-24-30-21-27(19-20-33(30)42(36)31-13-7-3-8-14-31)28-17-18-29-23-34(26-11-5-2-6-12-26)43(35(29)22-28)32-15-9-4-10-16-32/h2-24,44-47H,1H3. The van der Waals surface area contributed by atoms with E-state index in [1.54, 1.807) is 6.92 Å². The van der Waals surface area contributed by atoms with Crippen LogP contribution in [0.25, 0.3) is 66.8 Å². The Bertz CT molecular complexity index is 2410. The molecule has 0 unspecified atom stereocenters. The fourth-order valence-electron chi connectivity index (χ4n) is 6.62. The van der Waals surface area contributed by atoms with Crippen LogP contribution < -0.4 is 0 Å². The van der Waals surface area contributed by atoms with Gasteiger partial charge in [0.15, 0.2) is 11.5 Å². The van der Waals surface area contributed by atoms with Gasteiger partial charge in [-0.1, -0.05) is 84.9 Å². The highest BCUT2D eigenvalue weighted by Crippen LogP contribution is 2.52. The average molecular weight is 615 g/mol. The Morgan fingerprint density at radius 3 is 1.60 bits per heavy atom. The van der Waals surface area contributed by atoms with E-state index in [1.807, 2.05) is 59.2 Å². The minimum absolute atomic E-state index is 0.231. The van der Waals surface area contributed by atoms with Gasteiger partial charge < -0.3 is 29.6 Å². The van der Waals surface area contributed by atoms with Gasteiger partial charge in [-0.25, -0.2) is 0 Å². The molecule has 0 amide bonds. The summed E-state index contributed by atoms with van der Waals surface area (Å²) in [6, 6.07) is 47.4. The Balaban J connectivity index is 1.34. The zero-order valence-corrected chi connectivity index (χ0v) is 25.5. The first-order valence-corrected chi connectivity index (χ1v) is 15.3. The SMILES string of the molecule is Cc1c(O)c(O)c(O)c(O)c1-c1cc2cc(-c3ccc4cc(-c5ccccc5)n(-c5ccccc5)c4c3)ccc2n1-c1ccccc1. The van der Waals surface area contributed by atoms with E-state index in [0.29, 0.717) is 5.69 Å². The van der Waals surface area contributed by atoms with E-state index in [9.17, 15) is 20.4 Å². The van der Waals surface area contributed by atoms with Gasteiger partial charge in [-0.3, -0.25) is 0 Å². The molecule has 0 aliphatic carbocycles. The molecule has 6 nitrogen and oxygen atoms in total. The zero-order chi connectivity index (χ0) is 32.2. The van der Waals surface area contributed by atoms with Gasteiger partial charge >= 0.3 is 0 Å². The maximum Gasteiger partial charge on any atom is 0.205 e. The summed E-state index contributed by atoms with van der Waals surface area (Å²) in [4.78, 5) is 0. The molecule has 0 saturated heterocycles. The molecule has 0 aliphatic heterocycles. The number of benzene rings is 6. The van der Waals surface area contributed by atoms with Crippen molar-refractivity contribution in [3.63, 3.8) is 0 Å². The van der Waals surface area contributed by atoms with Crippen molar-refractivity contribution in [1.29, 1.82) is 0 Å². The second kappa shape index (κ2) is 10.9. The Morgan fingerprint density at radius 2 is 0.936 bits per heavy atom. The van der Waals surface area contributed by atoms with Crippen LogP contribution in [-0.2, 0) is 0 Å². The van der Waals surface area contributed by atoms with Crippen molar-refractivity contribution in [1.82, 2.24) is 9.13 Å². The van der Waals surface area contributed by atoms with Gasteiger partial charge in [-0.15, -0.1) is 0 Å². The lowest BCUT2D eigenvalue weighted by Gasteiger charge is -2.17. The first-order valence-electron chi connectivity index (χ1n) is 15.3. The molecule has 228 valence electrons. The highest BCUT2D eigenvalue weighted by Gasteiger charge is 2.25. The molecule has 8 aromatic rings. The molecule has 2 aromatic heterocycles. The first-order chi connectivity index (χ1) is 22.9. The van der Waals surface area contributed by atoms with Crippen LogP contribution in [0.2, 0.25) is 0 Å². The predicted octanol–water partition coefficient (Wildman–Crippen LogP) is 9.71. The maximum absolute atomic E-state index is 11.0. The third-order valence-electron chi connectivity index (χ3n) is 8.93. The molecule has 0 aliphatic rings. The number of rotatable bonds is 5. The molecule has 0 saturated carbocycles. The van der Waals surface area contributed by atoms with E-state index in [-0.39, 0.29) is 11.1 Å². The van der Waals surface area contributed by atoms with Crippen molar-refractivity contribution in [3.8, 4) is 68.0 Å². The quantitative estimate of drug-likeness (QED) is 0.115. The van der Waals surface area contributed by atoms with E-state index in [2.05, 4.69) is 89.5 Å². The van der Waals surface area contributed by atoms with Crippen LogP contribution in [-0.4, -0.2) is 29.6 Å². The average Bonchev–Trinajstić information content (AvgIpc) is 3.69. The number of phenolic OH excluding ortho intramolecular Hbond substituents is 4. The van der Waals surface area contributed by atoms with Crippen molar-refractivity contribution in [3.05, 3.63) is 145 Å². The van der Waals surface area contributed by atoms with Crippen molar-refractivity contribution < 1.29 is 20.4 Å². The number of aromatic hydroxyl groups is 4. The van der Waals surface area contributed by atoms with Crippen LogP contribution in [0.4, 0.5) is 0 Å².